The van der Waals surface area contributed by atoms with Crippen LogP contribution in [0.25, 0.3) is 134 Å². The molecule has 0 aliphatic heterocycles. The molecule has 9 aromatic carbocycles. The van der Waals surface area contributed by atoms with Crippen LogP contribution in [0, 0.1) is 0 Å². The third kappa shape index (κ3) is 5.83. The summed E-state index contributed by atoms with van der Waals surface area (Å²) < 4.78 is 11.0. The van der Waals surface area contributed by atoms with Crippen LogP contribution < -0.4 is 0 Å². The van der Waals surface area contributed by atoms with Crippen molar-refractivity contribution in [3.63, 3.8) is 0 Å². The Labute approximate surface area is 382 Å². The van der Waals surface area contributed by atoms with E-state index in [1.54, 1.807) is 0 Å². The lowest BCUT2D eigenvalue weighted by atomic mass is 10.00. The van der Waals surface area contributed by atoms with E-state index < -0.39 is 0 Å². The van der Waals surface area contributed by atoms with Crippen molar-refractivity contribution in [3.8, 4) is 57.0 Å². The summed E-state index contributed by atoms with van der Waals surface area (Å²) in [7, 11) is 0. The molecule has 0 spiro atoms. The highest BCUT2D eigenvalue weighted by atomic mass is 16.3. The number of fused-ring (bicyclic) bond motifs is 9. The standard InChI is InChI=1S/C59H35N7O/c1-4-17-36(18-5-1)54-43-24-10-13-28-47(43)61-58(63-54)65-51-32-31-39(33-45(51)46-34-53-49(35-52(46)65)60-57(67-53)38-21-8-3-9-22-38)40-26-16-27-42-41-23-12-15-30-50(41)66(56(40)42)59-62-48-29-14-11-25-44(48)55(64-59)37-19-6-2-7-20-37/h1-35H. The van der Waals surface area contributed by atoms with Crippen LogP contribution in [-0.4, -0.2) is 34.1 Å². The lowest BCUT2D eigenvalue weighted by Gasteiger charge is -2.14. The highest BCUT2D eigenvalue weighted by molar-refractivity contribution is 6.17. The van der Waals surface area contributed by atoms with Crippen molar-refractivity contribution in [2.45, 2.75) is 0 Å². The number of rotatable bonds is 6. The van der Waals surface area contributed by atoms with E-state index in [9.17, 15) is 0 Å². The Hall–Kier alpha value is -9.27. The molecular formula is C59H35N7O. The summed E-state index contributed by atoms with van der Waals surface area (Å²) in [6, 6.07) is 73.3. The maximum Gasteiger partial charge on any atom is 0.235 e. The lowest BCUT2D eigenvalue weighted by molar-refractivity contribution is 0.620. The van der Waals surface area contributed by atoms with Gasteiger partial charge in [0.1, 0.15) is 5.52 Å². The predicted molar refractivity (Wildman–Crippen MR) is 271 cm³/mol. The zero-order valence-corrected chi connectivity index (χ0v) is 35.7. The van der Waals surface area contributed by atoms with Gasteiger partial charge in [0.2, 0.25) is 17.8 Å². The average Bonchev–Trinajstić information content (AvgIpc) is 4.07. The summed E-state index contributed by atoms with van der Waals surface area (Å²) in [5.74, 6) is 1.75. The fourth-order valence-electron chi connectivity index (χ4n) is 9.95. The molecule has 5 aromatic heterocycles. The third-order valence-electron chi connectivity index (χ3n) is 13.0. The van der Waals surface area contributed by atoms with Crippen LogP contribution in [0.4, 0.5) is 0 Å². The van der Waals surface area contributed by atoms with Gasteiger partial charge in [-0.25, -0.2) is 24.9 Å². The molecule has 0 amide bonds. The van der Waals surface area contributed by atoms with Gasteiger partial charge in [-0.3, -0.25) is 9.13 Å². The van der Waals surface area contributed by atoms with Crippen molar-refractivity contribution in [1.82, 2.24) is 34.1 Å². The normalized spacial score (nSPS) is 11.9. The second kappa shape index (κ2) is 14.6. The monoisotopic (exact) mass is 857 g/mol. The molecule has 0 unspecified atom stereocenters. The van der Waals surface area contributed by atoms with E-state index in [1.807, 2.05) is 78.9 Å². The molecule has 0 atom stereocenters. The van der Waals surface area contributed by atoms with Crippen LogP contribution >= 0.6 is 0 Å². The number of aromatic nitrogens is 7. The molecule has 0 saturated heterocycles. The molecule has 0 N–H and O–H groups in total. The highest BCUT2D eigenvalue weighted by Gasteiger charge is 2.23. The van der Waals surface area contributed by atoms with Gasteiger partial charge in [-0.05, 0) is 60.2 Å². The van der Waals surface area contributed by atoms with Crippen molar-refractivity contribution in [1.29, 1.82) is 0 Å². The molecule has 312 valence electrons. The maximum atomic E-state index is 6.53. The number of oxazole rings is 1. The van der Waals surface area contributed by atoms with Crippen molar-refractivity contribution in [3.05, 3.63) is 212 Å². The van der Waals surface area contributed by atoms with E-state index in [-0.39, 0.29) is 0 Å². The molecule has 14 rings (SSSR count). The quantitative estimate of drug-likeness (QED) is 0.165. The minimum Gasteiger partial charge on any atom is -0.436 e. The van der Waals surface area contributed by atoms with Crippen LogP contribution in [-0.2, 0) is 0 Å². The SMILES string of the molecule is c1ccc(-c2nc3cc4c(cc3o2)c2cc(-c3cccc5c6ccccc6n(-c6nc(-c7ccccc7)c7ccccc7n6)c35)ccc2n4-c2nc(-c3ccccc3)c3ccccc3n2)cc1. The van der Waals surface area contributed by atoms with E-state index in [2.05, 4.69) is 143 Å². The molecule has 5 heterocycles. The summed E-state index contributed by atoms with van der Waals surface area (Å²) in [4.78, 5) is 26.4. The summed E-state index contributed by atoms with van der Waals surface area (Å²) in [5.41, 5.74) is 13.9. The first-order valence-corrected chi connectivity index (χ1v) is 22.3. The Bertz CT molecular complexity index is 4270. The van der Waals surface area contributed by atoms with Crippen LogP contribution in [0.1, 0.15) is 0 Å². The van der Waals surface area contributed by atoms with Crippen LogP contribution in [0.15, 0.2) is 217 Å². The van der Waals surface area contributed by atoms with E-state index in [0.29, 0.717) is 23.4 Å². The first-order chi connectivity index (χ1) is 33.2. The molecule has 0 radical (unpaired) electrons. The number of para-hydroxylation sites is 4. The largest absolute Gasteiger partial charge is 0.436 e. The van der Waals surface area contributed by atoms with Crippen LogP contribution in [0.5, 0.6) is 0 Å². The second-order valence-corrected chi connectivity index (χ2v) is 16.9. The Morgan fingerprint density at radius 1 is 0.313 bits per heavy atom. The van der Waals surface area contributed by atoms with Gasteiger partial charge in [-0.1, -0.05) is 158 Å². The van der Waals surface area contributed by atoms with Gasteiger partial charge in [0.25, 0.3) is 0 Å². The summed E-state index contributed by atoms with van der Waals surface area (Å²) >= 11 is 0. The Balaban J connectivity index is 1.05. The topological polar surface area (TPSA) is 87.5 Å². The first kappa shape index (κ1) is 37.1. The van der Waals surface area contributed by atoms with Crippen molar-refractivity contribution < 1.29 is 4.42 Å². The maximum absolute atomic E-state index is 6.53. The first-order valence-electron chi connectivity index (χ1n) is 22.3. The van der Waals surface area contributed by atoms with Crippen molar-refractivity contribution >= 4 is 76.5 Å². The molecular weight excluding hydrogens is 823 g/mol. The van der Waals surface area contributed by atoms with Crippen molar-refractivity contribution in [2.75, 3.05) is 0 Å². The van der Waals surface area contributed by atoms with Gasteiger partial charge in [0, 0.05) is 54.6 Å². The number of benzene rings is 9. The molecule has 0 saturated carbocycles. The summed E-state index contributed by atoms with van der Waals surface area (Å²) in [5, 5.41) is 6.25. The minimum atomic E-state index is 0.568. The molecule has 0 bridgehead atoms. The van der Waals surface area contributed by atoms with Gasteiger partial charge in [-0.2, -0.15) is 0 Å². The zero-order chi connectivity index (χ0) is 44.0. The van der Waals surface area contributed by atoms with E-state index in [1.165, 1.54) is 0 Å². The molecule has 0 aliphatic rings. The van der Waals surface area contributed by atoms with Crippen molar-refractivity contribution in [2.24, 2.45) is 0 Å². The molecule has 67 heavy (non-hydrogen) atoms. The summed E-state index contributed by atoms with van der Waals surface area (Å²) in [6.07, 6.45) is 0. The van der Waals surface area contributed by atoms with Crippen LogP contribution in [0.2, 0.25) is 0 Å². The molecule has 0 aliphatic carbocycles. The molecule has 8 nitrogen and oxygen atoms in total. The average molecular weight is 858 g/mol. The van der Waals surface area contributed by atoms with Gasteiger partial charge < -0.3 is 4.42 Å². The zero-order valence-electron chi connectivity index (χ0n) is 35.7. The van der Waals surface area contributed by atoms with Gasteiger partial charge >= 0.3 is 0 Å². The van der Waals surface area contributed by atoms with E-state index in [0.717, 1.165) is 110 Å². The third-order valence-corrected chi connectivity index (χ3v) is 13.0. The Morgan fingerprint density at radius 3 is 1.52 bits per heavy atom. The molecule has 0 fully saturated rings. The number of hydrogen-bond acceptors (Lipinski definition) is 6. The Morgan fingerprint density at radius 2 is 0.851 bits per heavy atom. The van der Waals surface area contributed by atoms with Gasteiger partial charge in [-0.15, -0.1) is 0 Å². The van der Waals surface area contributed by atoms with Gasteiger partial charge in [0.15, 0.2) is 5.58 Å². The summed E-state index contributed by atoms with van der Waals surface area (Å²) in [6.45, 7) is 0. The fraction of sp³-hybridized carbons (Fsp3) is 0. The molecule has 14 aromatic rings. The van der Waals surface area contributed by atoms with Gasteiger partial charge in [0.05, 0.1) is 44.5 Å². The Kier molecular flexibility index (Phi) is 8.11. The second-order valence-electron chi connectivity index (χ2n) is 16.9. The highest BCUT2D eigenvalue weighted by Crippen LogP contribution is 2.42. The van der Waals surface area contributed by atoms with E-state index >= 15 is 0 Å². The lowest BCUT2D eigenvalue weighted by Crippen LogP contribution is -2.04. The fourth-order valence-corrected chi connectivity index (χ4v) is 9.95. The predicted octanol–water partition coefficient (Wildman–Crippen LogP) is 14.6. The van der Waals surface area contributed by atoms with E-state index in [4.69, 9.17) is 29.3 Å². The number of nitrogens with zero attached hydrogens (tertiary/aromatic N) is 7. The number of hydrogen-bond donors (Lipinski definition) is 0. The van der Waals surface area contributed by atoms with Crippen LogP contribution in [0.3, 0.4) is 0 Å². The smallest absolute Gasteiger partial charge is 0.235 e. The molecule has 8 heteroatoms. The minimum absolute atomic E-state index is 0.568.